The third-order valence-electron chi connectivity index (χ3n) is 3.85. The highest BCUT2D eigenvalue weighted by molar-refractivity contribution is 6.20. The van der Waals surface area contributed by atoms with Crippen LogP contribution in [0.3, 0.4) is 0 Å². The van der Waals surface area contributed by atoms with E-state index in [-0.39, 0.29) is 11.8 Å². The molecule has 1 atom stereocenters. The fraction of sp³-hybridized carbons (Fsp3) is 0.176. The number of hydrogen-bond acceptors (Lipinski definition) is 2. The van der Waals surface area contributed by atoms with Crippen molar-refractivity contribution >= 4 is 23.2 Å². The van der Waals surface area contributed by atoms with E-state index in [1.807, 2.05) is 55.5 Å². The van der Waals surface area contributed by atoms with E-state index in [0.717, 1.165) is 22.5 Å². The van der Waals surface area contributed by atoms with E-state index >= 15 is 0 Å². The summed E-state index contributed by atoms with van der Waals surface area (Å²) in [4.78, 5) is 26.4. The summed E-state index contributed by atoms with van der Waals surface area (Å²) in [7, 11) is 1.70. The van der Waals surface area contributed by atoms with Crippen LogP contribution in [0.15, 0.2) is 48.5 Å². The summed E-state index contributed by atoms with van der Waals surface area (Å²) in [6, 6.07) is 14.9. The Morgan fingerprint density at radius 3 is 2.52 bits per heavy atom. The first-order valence-corrected chi connectivity index (χ1v) is 6.82. The van der Waals surface area contributed by atoms with E-state index in [9.17, 15) is 9.59 Å². The van der Waals surface area contributed by atoms with E-state index in [1.54, 1.807) is 7.05 Å². The van der Waals surface area contributed by atoms with Gasteiger partial charge in [-0.15, -0.1) is 0 Å². The molecule has 0 aliphatic carbocycles. The number of fused-ring (bicyclic) bond motifs is 1. The first-order chi connectivity index (χ1) is 10.1. The average molecular weight is 280 g/mol. The quantitative estimate of drug-likeness (QED) is 0.860. The van der Waals surface area contributed by atoms with Crippen LogP contribution < -0.4 is 10.2 Å². The minimum absolute atomic E-state index is 0.192. The minimum atomic E-state index is -0.772. The number of nitrogens with zero attached hydrogens (tertiary/aromatic N) is 1. The zero-order valence-electron chi connectivity index (χ0n) is 12.0. The lowest BCUT2D eigenvalue weighted by Gasteiger charge is -2.13. The van der Waals surface area contributed by atoms with E-state index in [0.29, 0.717) is 0 Å². The van der Waals surface area contributed by atoms with Crippen molar-refractivity contribution in [1.29, 1.82) is 0 Å². The van der Waals surface area contributed by atoms with E-state index in [1.165, 1.54) is 4.90 Å². The first-order valence-electron chi connectivity index (χ1n) is 6.82. The highest BCUT2D eigenvalue weighted by Crippen LogP contribution is 2.36. The van der Waals surface area contributed by atoms with Gasteiger partial charge in [-0.1, -0.05) is 36.4 Å². The minimum Gasteiger partial charge on any atom is -0.325 e. The van der Waals surface area contributed by atoms with E-state index in [4.69, 9.17) is 0 Å². The molecule has 2 aromatic rings. The lowest BCUT2D eigenvalue weighted by molar-refractivity contribution is -0.126. The zero-order valence-corrected chi connectivity index (χ0v) is 12.0. The molecule has 1 heterocycles. The molecular formula is C17H16N2O2. The molecule has 4 heteroatoms. The second kappa shape index (κ2) is 5.05. The second-order valence-corrected chi connectivity index (χ2v) is 5.19. The number of benzene rings is 2. The van der Waals surface area contributed by atoms with Crippen molar-refractivity contribution < 1.29 is 9.59 Å². The monoisotopic (exact) mass is 280 g/mol. The van der Waals surface area contributed by atoms with Gasteiger partial charge in [-0.05, 0) is 30.2 Å². The van der Waals surface area contributed by atoms with Crippen LogP contribution in [-0.2, 0) is 9.59 Å². The van der Waals surface area contributed by atoms with Crippen LogP contribution in [0.2, 0.25) is 0 Å². The number of rotatable bonds is 2. The lowest BCUT2D eigenvalue weighted by Crippen LogP contribution is -2.31. The van der Waals surface area contributed by atoms with Crippen molar-refractivity contribution in [3.63, 3.8) is 0 Å². The maximum Gasteiger partial charge on any atom is 0.243 e. The summed E-state index contributed by atoms with van der Waals surface area (Å²) in [6.07, 6.45) is 0. The molecule has 2 amide bonds. The van der Waals surface area contributed by atoms with E-state index in [2.05, 4.69) is 5.32 Å². The number of likely N-dealkylation sites (N-methyl/N-ethyl adjacent to an activating group) is 1. The standard InChI is InChI=1S/C17H16N2O2/c1-11-7-3-5-9-13(11)18-16(20)15-12-8-4-6-10-14(12)19(2)17(15)21/h3-10,15H,1-2H3,(H,18,20). The third-order valence-corrected chi connectivity index (χ3v) is 3.85. The summed E-state index contributed by atoms with van der Waals surface area (Å²) in [6.45, 7) is 1.92. The predicted molar refractivity (Wildman–Crippen MR) is 82.4 cm³/mol. The van der Waals surface area contributed by atoms with Gasteiger partial charge >= 0.3 is 0 Å². The fourth-order valence-electron chi connectivity index (χ4n) is 2.65. The number of amides is 2. The Hall–Kier alpha value is -2.62. The molecule has 0 fully saturated rings. The van der Waals surface area contributed by atoms with Gasteiger partial charge in [-0.2, -0.15) is 0 Å². The SMILES string of the molecule is Cc1ccccc1NC(=O)C1C(=O)N(C)c2ccccc21. The second-order valence-electron chi connectivity index (χ2n) is 5.19. The first kappa shape index (κ1) is 13.4. The summed E-state index contributed by atoms with van der Waals surface area (Å²) in [5.74, 6) is -1.25. The van der Waals surface area contributed by atoms with Crippen LogP contribution in [0.25, 0.3) is 0 Å². The molecule has 0 saturated carbocycles. The highest BCUT2D eigenvalue weighted by Gasteiger charge is 2.39. The number of carbonyl (C=O) groups is 2. The number of anilines is 2. The van der Waals surface area contributed by atoms with Crippen molar-refractivity contribution in [3.05, 3.63) is 59.7 Å². The topological polar surface area (TPSA) is 49.4 Å². The van der Waals surface area contributed by atoms with Crippen LogP contribution in [-0.4, -0.2) is 18.9 Å². The number of aryl methyl sites for hydroxylation is 1. The summed E-state index contributed by atoms with van der Waals surface area (Å²) in [5, 5.41) is 2.86. The zero-order chi connectivity index (χ0) is 15.0. The Balaban J connectivity index is 1.92. The van der Waals surface area contributed by atoms with Gasteiger partial charge in [0.1, 0.15) is 5.92 Å². The van der Waals surface area contributed by atoms with Gasteiger partial charge in [-0.25, -0.2) is 0 Å². The molecule has 3 rings (SSSR count). The molecule has 21 heavy (non-hydrogen) atoms. The van der Waals surface area contributed by atoms with Crippen LogP contribution in [0.1, 0.15) is 17.0 Å². The third kappa shape index (κ3) is 2.18. The van der Waals surface area contributed by atoms with Crippen LogP contribution in [0, 0.1) is 6.92 Å². The molecule has 1 aliphatic rings. The largest absolute Gasteiger partial charge is 0.325 e. The highest BCUT2D eigenvalue weighted by atomic mass is 16.2. The summed E-state index contributed by atoms with van der Waals surface area (Å²) in [5.41, 5.74) is 3.27. The van der Waals surface area contributed by atoms with Gasteiger partial charge in [0.15, 0.2) is 0 Å². The molecule has 4 nitrogen and oxygen atoms in total. The molecule has 106 valence electrons. The molecular weight excluding hydrogens is 264 g/mol. The Bertz CT molecular complexity index is 724. The maximum absolute atomic E-state index is 12.5. The van der Waals surface area contributed by atoms with Crippen LogP contribution >= 0.6 is 0 Å². The summed E-state index contributed by atoms with van der Waals surface area (Å²) < 4.78 is 0. The molecule has 0 radical (unpaired) electrons. The van der Waals surface area contributed by atoms with Crippen LogP contribution in [0.5, 0.6) is 0 Å². The number of hydrogen-bond donors (Lipinski definition) is 1. The van der Waals surface area contributed by atoms with Crippen molar-refractivity contribution in [3.8, 4) is 0 Å². The average Bonchev–Trinajstić information content (AvgIpc) is 2.74. The summed E-state index contributed by atoms with van der Waals surface area (Å²) >= 11 is 0. The number of para-hydroxylation sites is 2. The molecule has 1 aliphatic heterocycles. The molecule has 1 unspecified atom stereocenters. The lowest BCUT2D eigenvalue weighted by atomic mass is 9.99. The van der Waals surface area contributed by atoms with Gasteiger partial charge in [0, 0.05) is 18.4 Å². The van der Waals surface area contributed by atoms with Crippen molar-refractivity contribution in [2.45, 2.75) is 12.8 Å². The molecule has 0 aromatic heterocycles. The Kier molecular flexibility index (Phi) is 3.22. The van der Waals surface area contributed by atoms with Gasteiger partial charge < -0.3 is 10.2 Å². The van der Waals surface area contributed by atoms with Gasteiger partial charge in [0.05, 0.1) is 0 Å². The predicted octanol–water partition coefficient (Wildman–Crippen LogP) is 2.69. The van der Waals surface area contributed by atoms with Crippen molar-refractivity contribution in [2.75, 3.05) is 17.3 Å². The van der Waals surface area contributed by atoms with Crippen LogP contribution in [0.4, 0.5) is 11.4 Å². The smallest absolute Gasteiger partial charge is 0.243 e. The van der Waals surface area contributed by atoms with Crippen molar-refractivity contribution in [2.24, 2.45) is 0 Å². The van der Waals surface area contributed by atoms with Gasteiger partial charge in [0.2, 0.25) is 11.8 Å². The maximum atomic E-state index is 12.5. The molecule has 0 bridgehead atoms. The molecule has 2 aromatic carbocycles. The normalized spacial score (nSPS) is 16.8. The van der Waals surface area contributed by atoms with E-state index < -0.39 is 5.92 Å². The Morgan fingerprint density at radius 1 is 1.10 bits per heavy atom. The van der Waals surface area contributed by atoms with Crippen molar-refractivity contribution in [1.82, 2.24) is 0 Å². The van der Waals surface area contributed by atoms with Gasteiger partial charge in [-0.3, -0.25) is 9.59 Å². The Labute approximate surface area is 123 Å². The molecule has 0 saturated heterocycles. The molecule has 0 spiro atoms. The number of nitrogens with one attached hydrogen (secondary N) is 1. The fourth-order valence-corrected chi connectivity index (χ4v) is 2.65. The van der Waals surface area contributed by atoms with Gasteiger partial charge in [0.25, 0.3) is 0 Å². The Morgan fingerprint density at radius 2 is 1.76 bits per heavy atom. The number of carbonyl (C=O) groups excluding carboxylic acids is 2. The molecule has 1 N–H and O–H groups in total.